The number of allylic oxidation sites excluding steroid dienone is 5. The fourth-order valence-corrected chi connectivity index (χ4v) is 1.16. The summed E-state index contributed by atoms with van der Waals surface area (Å²) in [4.78, 5) is 4.19. The Morgan fingerprint density at radius 2 is 1.93 bits per heavy atom. The van der Waals surface area contributed by atoms with E-state index in [9.17, 15) is 0 Å². The number of aromatic nitrogens is 2. The predicted molar refractivity (Wildman–Crippen MR) is 61.3 cm³/mol. The largest absolute Gasteiger partial charge is 0.339 e. The van der Waals surface area contributed by atoms with Crippen molar-refractivity contribution in [1.29, 1.82) is 0 Å². The van der Waals surface area contributed by atoms with Crippen LogP contribution in [-0.4, -0.2) is 10.1 Å². The van der Waals surface area contributed by atoms with E-state index in [1.807, 2.05) is 32.9 Å². The van der Waals surface area contributed by atoms with Crippen LogP contribution in [0.5, 0.6) is 0 Å². The second-order valence-corrected chi connectivity index (χ2v) is 3.80. The molecule has 3 nitrogen and oxygen atoms in total. The minimum Gasteiger partial charge on any atom is -0.339 e. The lowest BCUT2D eigenvalue weighted by atomic mass is 10.1. The molecule has 1 aromatic rings. The van der Waals surface area contributed by atoms with Crippen molar-refractivity contribution in [2.75, 3.05) is 0 Å². The van der Waals surface area contributed by atoms with Crippen LogP contribution in [0.15, 0.2) is 34.4 Å². The van der Waals surface area contributed by atoms with Crippen LogP contribution in [-0.2, 0) is 0 Å². The molecule has 0 aromatic carbocycles. The quantitative estimate of drug-likeness (QED) is 0.709. The first-order chi connectivity index (χ1) is 6.99. The Morgan fingerprint density at radius 3 is 2.33 bits per heavy atom. The summed E-state index contributed by atoms with van der Waals surface area (Å²) >= 11 is 0. The van der Waals surface area contributed by atoms with Crippen molar-refractivity contribution in [3.8, 4) is 0 Å². The molecule has 0 saturated carbocycles. The van der Waals surface area contributed by atoms with Gasteiger partial charge in [-0.25, -0.2) is 0 Å². The van der Waals surface area contributed by atoms with E-state index in [2.05, 4.69) is 16.7 Å². The van der Waals surface area contributed by atoms with Gasteiger partial charge in [0.05, 0.1) is 0 Å². The van der Waals surface area contributed by atoms with Crippen LogP contribution in [0.25, 0.3) is 5.57 Å². The van der Waals surface area contributed by atoms with Crippen LogP contribution >= 0.6 is 0 Å². The van der Waals surface area contributed by atoms with Crippen LogP contribution in [0.2, 0.25) is 0 Å². The number of aryl methyl sites for hydroxylation is 1. The average molecular weight is 204 g/mol. The predicted octanol–water partition coefficient (Wildman–Crippen LogP) is 3.30. The molecule has 15 heavy (non-hydrogen) atoms. The molecule has 1 heterocycles. The number of nitrogens with zero attached hydrogens (tertiary/aromatic N) is 2. The molecule has 0 fully saturated rings. The van der Waals surface area contributed by atoms with Gasteiger partial charge in [-0.05, 0) is 26.8 Å². The van der Waals surface area contributed by atoms with Gasteiger partial charge in [0, 0.05) is 12.5 Å². The summed E-state index contributed by atoms with van der Waals surface area (Å²) in [6, 6.07) is 0. The highest BCUT2D eigenvalue weighted by atomic mass is 16.5. The SMILES string of the molecule is C=C(C)/C=C(\C=C(C)C)c1noc(C)n1. The first kappa shape index (κ1) is 11.4. The van der Waals surface area contributed by atoms with E-state index < -0.39 is 0 Å². The van der Waals surface area contributed by atoms with Crippen molar-refractivity contribution >= 4 is 5.57 Å². The Balaban J connectivity index is 3.13. The average Bonchev–Trinajstić information content (AvgIpc) is 2.48. The van der Waals surface area contributed by atoms with Crippen LogP contribution in [0.1, 0.15) is 32.5 Å². The Hall–Kier alpha value is -1.64. The topological polar surface area (TPSA) is 38.9 Å². The van der Waals surface area contributed by atoms with E-state index in [-0.39, 0.29) is 0 Å². The standard InChI is InChI=1S/C12H16N2O/c1-8(2)6-11(7-9(3)4)12-13-10(5)15-14-12/h6-7H,1H2,2-5H3/b11-6+. The van der Waals surface area contributed by atoms with Crippen LogP contribution < -0.4 is 0 Å². The van der Waals surface area contributed by atoms with Gasteiger partial charge in [0.25, 0.3) is 0 Å². The molecule has 0 unspecified atom stereocenters. The van der Waals surface area contributed by atoms with Gasteiger partial charge < -0.3 is 4.52 Å². The molecule has 0 spiro atoms. The highest BCUT2D eigenvalue weighted by Gasteiger charge is 2.06. The smallest absolute Gasteiger partial charge is 0.223 e. The summed E-state index contributed by atoms with van der Waals surface area (Å²) in [5.41, 5.74) is 3.08. The molecule has 0 amide bonds. The second-order valence-electron chi connectivity index (χ2n) is 3.80. The van der Waals surface area contributed by atoms with Gasteiger partial charge in [-0.2, -0.15) is 4.98 Å². The molecule has 0 aliphatic carbocycles. The molecule has 0 saturated heterocycles. The molecular formula is C12H16N2O. The molecule has 0 aliphatic rings. The van der Waals surface area contributed by atoms with Crippen LogP contribution in [0.3, 0.4) is 0 Å². The summed E-state index contributed by atoms with van der Waals surface area (Å²) in [5.74, 6) is 1.18. The minimum absolute atomic E-state index is 0.569. The van der Waals surface area contributed by atoms with Crippen molar-refractivity contribution in [3.63, 3.8) is 0 Å². The number of hydrogen-bond donors (Lipinski definition) is 0. The van der Waals surface area contributed by atoms with E-state index in [1.54, 1.807) is 6.92 Å². The molecule has 0 bridgehead atoms. The van der Waals surface area contributed by atoms with E-state index in [4.69, 9.17) is 4.52 Å². The van der Waals surface area contributed by atoms with Crippen molar-refractivity contribution in [2.45, 2.75) is 27.7 Å². The van der Waals surface area contributed by atoms with E-state index in [0.717, 1.165) is 11.1 Å². The van der Waals surface area contributed by atoms with Gasteiger partial charge in [0.1, 0.15) is 0 Å². The zero-order valence-electron chi connectivity index (χ0n) is 9.66. The third kappa shape index (κ3) is 3.54. The maximum absolute atomic E-state index is 4.95. The number of rotatable bonds is 3. The zero-order valence-corrected chi connectivity index (χ0v) is 9.66. The van der Waals surface area contributed by atoms with E-state index in [0.29, 0.717) is 11.7 Å². The highest BCUT2D eigenvalue weighted by Crippen LogP contribution is 2.16. The first-order valence-electron chi connectivity index (χ1n) is 4.82. The molecule has 0 aliphatic heterocycles. The Labute approximate surface area is 90.2 Å². The van der Waals surface area contributed by atoms with Gasteiger partial charge in [-0.1, -0.05) is 29.0 Å². The molecule has 0 N–H and O–H groups in total. The maximum Gasteiger partial charge on any atom is 0.223 e. The van der Waals surface area contributed by atoms with Crippen LogP contribution in [0.4, 0.5) is 0 Å². The summed E-state index contributed by atoms with van der Waals surface area (Å²) in [5, 5.41) is 3.88. The maximum atomic E-state index is 4.95. The molecule has 0 radical (unpaired) electrons. The van der Waals surface area contributed by atoms with Gasteiger partial charge in [-0.15, -0.1) is 0 Å². The third-order valence-corrected chi connectivity index (χ3v) is 1.63. The third-order valence-electron chi connectivity index (χ3n) is 1.63. The molecule has 80 valence electrons. The fourth-order valence-electron chi connectivity index (χ4n) is 1.16. The Bertz CT molecular complexity index is 421. The summed E-state index contributed by atoms with van der Waals surface area (Å²) in [6.45, 7) is 11.6. The molecule has 1 rings (SSSR count). The van der Waals surface area contributed by atoms with Gasteiger partial charge in [0.2, 0.25) is 11.7 Å². The lowest BCUT2D eigenvalue weighted by molar-refractivity contribution is 0.391. The van der Waals surface area contributed by atoms with Crippen LogP contribution in [0, 0.1) is 6.92 Å². The normalized spacial score (nSPS) is 11.3. The van der Waals surface area contributed by atoms with Gasteiger partial charge >= 0.3 is 0 Å². The lowest BCUT2D eigenvalue weighted by Crippen LogP contribution is -1.86. The van der Waals surface area contributed by atoms with Crippen molar-refractivity contribution < 1.29 is 4.52 Å². The second kappa shape index (κ2) is 4.73. The number of hydrogen-bond acceptors (Lipinski definition) is 3. The van der Waals surface area contributed by atoms with Gasteiger partial charge in [0.15, 0.2) is 0 Å². The molecular weight excluding hydrogens is 188 g/mol. The Kier molecular flexibility index (Phi) is 3.61. The Morgan fingerprint density at radius 1 is 1.27 bits per heavy atom. The van der Waals surface area contributed by atoms with Crippen molar-refractivity contribution in [1.82, 2.24) is 10.1 Å². The lowest BCUT2D eigenvalue weighted by Gasteiger charge is -1.97. The van der Waals surface area contributed by atoms with E-state index in [1.165, 1.54) is 5.57 Å². The first-order valence-corrected chi connectivity index (χ1v) is 4.82. The van der Waals surface area contributed by atoms with Crippen molar-refractivity contribution in [3.05, 3.63) is 41.6 Å². The molecule has 3 heteroatoms. The minimum atomic E-state index is 0.569. The van der Waals surface area contributed by atoms with Gasteiger partial charge in [-0.3, -0.25) is 0 Å². The summed E-state index contributed by atoms with van der Waals surface area (Å²) in [7, 11) is 0. The summed E-state index contributed by atoms with van der Waals surface area (Å²) < 4.78 is 4.95. The fraction of sp³-hybridized carbons (Fsp3) is 0.333. The summed E-state index contributed by atoms with van der Waals surface area (Å²) in [6.07, 6.45) is 3.95. The highest BCUT2D eigenvalue weighted by molar-refractivity contribution is 5.72. The molecule has 1 aromatic heterocycles. The molecule has 0 atom stereocenters. The van der Waals surface area contributed by atoms with Crippen molar-refractivity contribution in [2.24, 2.45) is 0 Å². The monoisotopic (exact) mass is 204 g/mol. The zero-order chi connectivity index (χ0) is 11.4. The van der Waals surface area contributed by atoms with E-state index >= 15 is 0 Å².